The van der Waals surface area contributed by atoms with Gasteiger partial charge in [-0.2, -0.15) is 0 Å². The van der Waals surface area contributed by atoms with Gasteiger partial charge in [-0.15, -0.1) is 0 Å². The van der Waals surface area contributed by atoms with Gasteiger partial charge in [0.1, 0.15) is 0 Å². The smallest absolute Gasteiger partial charge is 0.0808 e. The predicted molar refractivity (Wildman–Crippen MR) is 83.0 cm³/mol. The first-order valence-electron chi connectivity index (χ1n) is 8.41. The average molecular weight is 283 g/mol. The molecule has 0 aromatic rings. The minimum atomic E-state index is 0.330. The standard InChI is InChI=1S/C17H33NO2/c1-17(2,3)13-8-9-15(18-4)16(11-13)20-12-14-7-5-6-10-19-14/h13-16,18H,5-12H2,1-4H3. The molecule has 118 valence electrons. The third-order valence-corrected chi connectivity index (χ3v) is 5.16. The highest BCUT2D eigenvalue weighted by Crippen LogP contribution is 2.39. The Morgan fingerprint density at radius 1 is 1.15 bits per heavy atom. The Bertz CT molecular complexity index is 281. The Morgan fingerprint density at radius 2 is 1.95 bits per heavy atom. The highest BCUT2D eigenvalue weighted by molar-refractivity contribution is 4.89. The molecule has 2 fully saturated rings. The van der Waals surface area contributed by atoms with Crippen molar-refractivity contribution in [2.24, 2.45) is 11.3 Å². The summed E-state index contributed by atoms with van der Waals surface area (Å²) in [4.78, 5) is 0. The van der Waals surface area contributed by atoms with Gasteiger partial charge >= 0.3 is 0 Å². The van der Waals surface area contributed by atoms with Gasteiger partial charge in [0.05, 0.1) is 18.8 Å². The second-order valence-corrected chi connectivity index (χ2v) is 7.63. The molecule has 2 rings (SSSR count). The minimum absolute atomic E-state index is 0.330. The molecule has 0 radical (unpaired) electrons. The topological polar surface area (TPSA) is 30.5 Å². The molecule has 1 saturated heterocycles. The Morgan fingerprint density at radius 3 is 2.55 bits per heavy atom. The molecule has 0 aromatic heterocycles. The fourth-order valence-corrected chi connectivity index (χ4v) is 3.60. The Balaban J connectivity index is 1.84. The predicted octanol–water partition coefficient (Wildman–Crippen LogP) is 3.37. The van der Waals surface area contributed by atoms with E-state index < -0.39 is 0 Å². The average Bonchev–Trinajstić information content (AvgIpc) is 2.45. The molecule has 0 spiro atoms. The Hall–Kier alpha value is -0.120. The Kier molecular flexibility index (Phi) is 5.88. The van der Waals surface area contributed by atoms with Crippen molar-refractivity contribution in [3.63, 3.8) is 0 Å². The third kappa shape index (κ3) is 4.44. The highest BCUT2D eigenvalue weighted by atomic mass is 16.5. The van der Waals surface area contributed by atoms with Crippen LogP contribution in [0, 0.1) is 11.3 Å². The summed E-state index contributed by atoms with van der Waals surface area (Å²) in [6.45, 7) is 8.77. The van der Waals surface area contributed by atoms with Gasteiger partial charge in [-0.1, -0.05) is 20.8 Å². The first-order chi connectivity index (χ1) is 9.50. The number of rotatable bonds is 4. The van der Waals surface area contributed by atoms with Crippen molar-refractivity contribution in [1.29, 1.82) is 0 Å². The van der Waals surface area contributed by atoms with Crippen LogP contribution in [0.5, 0.6) is 0 Å². The van der Waals surface area contributed by atoms with E-state index in [-0.39, 0.29) is 0 Å². The zero-order valence-electron chi connectivity index (χ0n) is 13.8. The maximum Gasteiger partial charge on any atom is 0.0808 e. The molecule has 0 bridgehead atoms. The van der Waals surface area contributed by atoms with E-state index in [0.717, 1.165) is 19.1 Å². The number of likely N-dealkylation sites (N-methyl/N-ethyl adjacent to an activating group) is 1. The number of hydrogen-bond acceptors (Lipinski definition) is 3. The van der Waals surface area contributed by atoms with Gasteiger partial charge in [0.2, 0.25) is 0 Å². The van der Waals surface area contributed by atoms with Crippen LogP contribution in [0.1, 0.15) is 59.3 Å². The van der Waals surface area contributed by atoms with Crippen LogP contribution in [-0.4, -0.2) is 38.5 Å². The quantitative estimate of drug-likeness (QED) is 0.858. The number of ether oxygens (including phenoxy) is 2. The fraction of sp³-hybridized carbons (Fsp3) is 1.00. The van der Waals surface area contributed by atoms with E-state index in [0.29, 0.717) is 23.7 Å². The van der Waals surface area contributed by atoms with Crippen LogP contribution in [0.3, 0.4) is 0 Å². The van der Waals surface area contributed by atoms with Gasteiger partial charge in [0.15, 0.2) is 0 Å². The molecular formula is C17H33NO2. The lowest BCUT2D eigenvalue weighted by Gasteiger charge is -2.42. The lowest BCUT2D eigenvalue weighted by atomic mass is 9.70. The summed E-state index contributed by atoms with van der Waals surface area (Å²) in [6, 6.07) is 0.511. The van der Waals surface area contributed by atoms with Gasteiger partial charge in [0.25, 0.3) is 0 Å². The molecule has 1 saturated carbocycles. The maximum atomic E-state index is 6.26. The van der Waals surface area contributed by atoms with Crippen molar-refractivity contribution >= 4 is 0 Å². The first kappa shape index (κ1) is 16.3. The van der Waals surface area contributed by atoms with Crippen LogP contribution >= 0.6 is 0 Å². The lowest BCUT2D eigenvalue weighted by molar-refractivity contribution is -0.0882. The summed E-state index contributed by atoms with van der Waals surface area (Å²) in [5.41, 5.74) is 0.391. The van der Waals surface area contributed by atoms with Crippen molar-refractivity contribution in [3.8, 4) is 0 Å². The van der Waals surface area contributed by atoms with Crippen molar-refractivity contribution in [1.82, 2.24) is 5.32 Å². The van der Waals surface area contributed by atoms with Crippen LogP contribution in [-0.2, 0) is 9.47 Å². The summed E-state index contributed by atoms with van der Waals surface area (Å²) in [7, 11) is 2.07. The van der Waals surface area contributed by atoms with E-state index >= 15 is 0 Å². The monoisotopic (exact) mass is 283 g/mol. The largest absolute Gasteiger partial charge is 0.376 e. The summed E-state index contributed by atoms with van der Waals surface area (Å²) >= 11 is 0. The molecule has 1 N–H and O–H groups in total. The van der Waals surface area contributed by atoms with E-state index in [1.165, 1.54) is 38.5 Å². The van der Waals surface area contributed by atoms with Gasteiger partial charge in [-0.25, -0.2) is 0 Å². The zero-order valence-corrected chi connectivity index (χ0v) is 13.8. The highest BCUT2D eigenvalue weighted by Gasteiger charge is 2.36. The van der Waals surface area contributed by atoms with Crippen LogP contribution in [0.25, 0.3) is 0 Å². The second-order valence-electron chi connectivity index (χ2n) is 7.63. The molecule has 0 aromatic carbocycles. The summed E-state index contributed by atoms with van der Waals surface area (Å²) in [5.74, 6) is 0.768. The molecule has 2 aliphatic rings. The molecule has 4 atom stereocenters. The lowest BCUT2D eigenvalue weighted by Crippen LogP contribution is -2.47. The molecule has 1 heterocycles. The second kappa shape index (κ2) is 7.24. The molecule has 4 unspecified atom stereocenters. The SMILES string of the molecule is CNC1CCC(C(C)(C)C)CC1OCC1CCCCO1. The van der Waals surface area contributed by atoms with Crippen molar-refractivity contribution < 1.29 is 9.47 Å². The van der Waals surface area contributed by atoms with Crippen molar-refractivity contribution in [2.45, 2.75) is 77.5 Å². The molecule has 3 heteroatoms. The summed E-state index contributed by atoms with van der Waals surface area (Å²) in [5, 5.41) is 3.45. The maximum absolute atomic E-state index is 6.26. The zero-order chi connectivity index (χ0) is 14.6. The molecule has 0 amide bonds. The van der Waals surface area contributed by atoms with Gasteiger partial charge < -0.3 is 14.8 Å². The Labute approximate surface area is 124 Å². The summed E-state index contributed by atoms with van der Waals surface area (Å²) in [6.07, 6.45) is 8.08. The molecular weight excluding hydrogens is 250 g/mol. The van der Waals surface area contributed by atoms with E-state index in [9.17, 15) is 0 Å². The van der Waals surface area contributed by atoms with Crippen LogP contribution in [0.15, 0.2) is 0 Å². The van der Waals surface area contributed by atoms with Gasteiger partial charge in [-0.3, -0.25) is 0 Å². The van der Waals surface area contributed by atoms with E-state index in [2.05, 4.69) is 33.1 Å². The number of nitrogens with one attached hydrogen (secondary N) is 1. The first-order valence-corrected chi connectivity index (χ1v) is 8.41. The normalized spacial score (nSPS) is 36.0. The van der Waals surface area contributed by atoms with Gasteiger partial charge in [-0.05, 0) is 56.9 Å². The fourth-order valence-electron chi connectivity index (χ4n) is 3.60. The minimum Gasteiger partial charge on any atom is -0.376 e. The van der Waals surface area contributed by atoms with E-state index in [4.69, 9.17) is 9.47 Å². The van der Waals surface area contributed by atoms with Crippen molar-refractivity contribution in [3.05, 3.63) is 0 Å². The summed E-state index contributed by atoms with van der Waals surface area (Å²) < 4.78 is 12.1. The molecule has 1 aliphatic carbocycles. The van der Waals surface area contributed by atoms with E-state index in [1.54, 1.807) is 0 Å². The van der Waals surface area contributed by atoms with Crippen LogP contribution in [0.4, 0.5) is 0 Å². The molecule has 20 heavy (non-hydrogen) atoms. The van der Waals surface area contributed by atoms with Crippen LogP contribution in [0.2, 0.25) is 0 Å². The van der Waals surface area contributed by atoms with Gasteiger partial charge in [0, 0.05) is 12.6 Å². The van der Waals surface area contributed by atoms with E-state index in [1.807, 2.05) is 0 Å². The van der Waals surface area contributed by atoms with Crippen molar-refractivity contribution in [2.75, 3.05) is 20.3 Å². The molecule has 1 aliphatic heterocycles. The van der Waals surface area contributed by atoms with Crippen LogP contribution < -0.4 is 5.32 Å². The molecule has 3 nitrogen and oxygen atoms in total. The third-order valence-electron chi connectivity index (χ3n) is 5.16. The number of hydrogen-bond donors (Lipinski definition) is 1.